The Bertz CT molecular complexity index is 765. The summed E-state index contributed by atoms with van der Waals surface area (Å²) >= 11 is 17.9. The molecule has 4 nitrogen and oxygen atoms in total. The van der Waals surface area contributed by atoms with Gasteiger partial charge in [-0.05, 0) is 36.4 Å². The second-order valence-corrected chi connectivity index (χ2v) is 6.31. The maximum Gasteiger partial charge on any atom is 0.251 e. The van der Waals surface area contributed by atoms with E-state index in [1.807, 2.05) is 0 Å². The molecule has 7 heteroatoms. The summed E-state index contributed by atoms with van der Waals surface area (Å²) in [6.45, 7) is 1.98. The molecule has 0 aliphatic heterocycles. The summed E-state index contributed by atoms with van der Waals surface area (Å²) < 4.78 is 0. The van der Waals surface area contributed by atoms with E-state index in [9.17, 15) is 9.59 Å². The Hall–Kier alpha value is -1.75. The van der Waals surface area contributed by atoms with E-state index in [4.69, 9.17) is 34.8 Å². The van der Waals surface area contributed by atoms with Gasteiger partial charge in [0, 0.05) is 35.6 Å². The van der Waals surface area contributed by atoms with E-state index in [-0.39, 0.29) is 24.9 Å². The van der Waals surface area contributed by atoms with E-state index in [1.165, 1.54) is 11.8 Å². The average Bonchev–Trinajstić information content (AvgIpc) is 2.52. The van der Waals surface area contributed by atoms with Crippen molar-refractivity contribution in [1.29, 1.82) is 0 Å². The van der Waals surface area contributed by atoms with Gasteiger partial charge in [0.1, 0.15) is 0 Å². The third kappa shape index (κ3) is 4.87. The Morgan fingerprint density at radius 1 is 1.04 bits per heavy atom. The van der Waals surface area contributed by atoms with Crippen LogP contribution in [0, 0.1) is 0 Å². The molecule has 2 aromatic rings. The number of nitrogens with one attached hydrogen (secondary N) is 1. The lowest BCUT2D eigenvalue weighted by Gasteiger charge is -2.22. The molecule has 0 aliphatic carbocycles. The van der Waals surface area contributed by atoms with Crippen molar-refractivity contribution in [3.05, 3.63) is 63.1 Å². The van der Waals surface area contributed by atoms with Crippen LogP contribution in [-0.4, -0.2) is 24.9 Å². The number of amides is 2. The first-order valence-corrected chi connectivity index (χ1v) is 8.29. The van der Waals surface area contributed by atoms with Gasteiger partial charge in [0.2, 0.25) is 5.91 Å². The van der Waals surface area contributed by atoms with Gasteiger partial charge in [0.05, 0.1) is 10.7 Å². The van der Waals surface area contributed by atoms with Gasteiger partial charge in [-0.3, -0.25) is 9.59 Å². The normalized spacial score (nSPS) is 10.3. The van der Waals surface area contributed by atoms with E-state index in [0.29, 0.717) is 26.3 Å². The van der Waals surface area contributed by atoms with E-state index in [1.54, 1.807) is 42.5 Å². The number of carbonyl (C=O) groups excluding carboxylic acids is 2. The molecule has 0 heterocycles. The first-order chi connectivity index (χ1) is 11.4. The molecule has 0 bridgehead atoms. The van der Waals surface area contributed by atoms with E-state index in [2.05, 4.69) is 5.32 Å². The van der Waals surface area contributed by atoms with Gasteiger partial charge in [-0.15, -0.1) is 0 Å². The maximum absolute atomic E-state index is 12.1. The number of carbonyl (C=O) groups is 2. The molecular weight excluding hydrogens is 371 g/mol. The summed E-state index contributed by atoms with van der Waals surface area (Å²) in [5, 5.41) is 4.10. The summed E-state index contributed by atoms with van der Waals surface area (Å²) in [6.07, 6.45) is 0. The third-order valence-electron chi connectivity index (χ3n) is 3.29. The molecule has 0 saturated heterocycles. The Balaban J connectivity index is 2.02. The van der Waals surface area contributed by atoms with Gasteiger partial charge in [0.25, 0.3) is 5.91 Å². The maximum atomic E-state index is 12.1. The van der Waals surface area contributed by atoms with Crippen LogP contribution in [0.25, 0.3) is 0 Å². The Morgan fingerprint density at radius 3 is 2.38 bits per heavy atom. The third-order valence-corrected chi connectivity index (χ3v) is 4.06. The summed E-state index contributed by atoms with van der Waals surface area (Å²) in [5.74, 6) is -0.445. The van der Waals surface area contributed by atoms with Gasteiger partial charge in [-0.1, -0.05) is 40.9 Å². The molecule has 0 spiro atoms. The second kappa shape index (κ2) is 8.38. The summed E-state index contributed by atoms with van der Waals surface area (Å²) in [6, 6.07) is 11.5. The van der Waals surface area contributed by atoms with Gasteiger partial charge >= 0.3 is 0 Å². The van der Waals surface area contributed by atoms with Crippen LogP contribution in [0.5, 0.6) is 0 Å². The fraction of sp³-hybridized carbons (Fsp3) is 0.176. The fourth-order valence-electron chi connectivity index (χ4n) is 2.16. The Morgan fingerprint density at radius 2 is 1.75 bits per heavy atom. The predicted octanol–water partition coefficient (Wildman–Crippen LogP) is 4.43. The van der Waals surface area contributed by atoms with Crippen molar-refractivity contribution < 1.29 is 9.59 Å². The molecule has 0 aliphatic rings. The van der Waals surface area contributed by atoms with Gasteiger partial charge in [-0.2, -0.15) is 0 Å². The second-order valence-electron chi connectivity index (χ2n) is 5.03. The highest BCUT2D eigenvalue weighted by molar-refractivity contribution is 6.36. The Labute approximate surface area is 155 Å². The Kier molecular flexibility index (Phi) is 6.49. The number of rotatable bonds is 5. The first-order valence-electron chi connectivity index (χ1n) is 7.15. The zero-order chi connectivity index (χ0) is 17.7. The molecule has 0 atom stereocenters. The fourth-order valence-corrected chi connectivity index (χ4v) is 2.86. The minimum absolute atomic E-state index is 0.184. The van der Waals surface area contributed by atoms with Crippen molar-refractivity contribution in [3.8, 4) is 0 Å². The van der Waals surface area contributed by atoms with Crippen LogP contribution in [-0.2, 0) is 4.79 Å². The quantitative estimate of drug-likeness (QED) is 0.827. The number of benzene rings is 2. The monoisotopic (exact) mass is 384 g/mol. The van der Waals surface area contributed by atoms with Gasteiger partial charge in [-0.25, -0.2) is 0 Å². The van der Waals surface area contributed by atoms with Crippen molar-refractivity contribution in [2.45, 2.75) is 6.92 Å². The van der Waals surface area contributed by atoms with Crippen molar-refractivity contribution in [3.63, 3.8) is 0 Å². The molecule has 0 saturated carbocycles. The molecule has 126 valence electrons. The predicted molar refractivity (Wildman–Crippen MR) is 98.3 cm³/mol. The lowest BCUT2D eigenvalue weighted by molar-refractivity contribution is -0.116. The molecule has 24 heavy (non-hydrogen) atoms. The van der Waals surface area contributed by atoms with Crippen LogP contribution in [0.1, 0.15) is 17.3 Å². The number of hydrogen-bond donors (Lipinski definition) is 1. The van der Waals surface area contributed by atoms with Crippen LogP contribution in [0.4, 0.5) is 5.69 Å². The van der Waals surface area contributed by atoms with Crippen LogP contribution in [0.15, 0.2) is 42.5 Å². The number of nitrogens with zero attached hydrogens (tertiary/aromatic N) is 1. The molecule has 2 aromatic carbocycles. The number of hydrogen-bond acceptors (Lipinski definition) is 2. The zero-order valence-electron chi connectivity index (χ0n) is 12.9. The SMILES string of the molecule is CC(=O)N(CCNC(=O)c1cccc(Cl)c1)c1ccc(Cl)cc1Cl. The summed E-state index contributed by atoms with van der Waals surface area (Å²) in [7, 11) is 0. The van der Waals surface area contributed by atoms with Crippen molar-refractivity contribution in [1.82, 2.24) is 5.32 Å². The molecule has 0 radical (unpaired) electrons. The van der Waals surface area contributed by atoms with Crippen molar-refractivity contribution in [2.24, 2.45) is 0 Å². The van der Waals surface area contributed by atoms with Crippen LogP contribution in [0.3, 0.4) is 0 Å². The molecule has 0 unspecified atom stereocenters. The number of halogens is 3. The van der Waals surface area contributed by atoms with Gasteiger partial charge in [0.15, 0.2) is 0 Å². The lowest BCUT2D eigenvalue weighted by atomic mass is 10.2. The van der Waals surface area contributed by atoms with Crippen molar-refractivity contribution in [2.75, 3.05) is 18.0 Å². The van der Waals surface area contributed by atoms with E-state index in [0.717, 1.165) is 0 Å². The highest BCUT2D eigenvalue weighted by Gasteiger charge is 2.15. The zero-order valence-corrected chi connectivity index (χ0v) is 15.1. The molecule has 2 amide bonds. The van der Waals surface area contributed by atoms with Crippen LogP contribution >= 0.6 is 34.8 Å². The highest BCUT2D eigenvalue weighted by atomic mass is 35.5. The standard InChI is InChI=1S/C17H15Cl3N2O2/c1-11(23)22(16-6-5-14(19)10-15(16)20)8-7-21-17(24)12-3-2-4-13(18)9-12/h2-6,9-10H,7-8H2,1H3,(H,21,24). The largest absolute Gasteiger partial charge is 0.350 e. The molecule has 1 N–H and O–H groups in total. The number of anilines is 1. The van der Waals surface area contributed by atoms with Gasteiger partial charge < -0.3 is 10.2 Å². The van der Waals surface area contributed by atoms with Crippen molar-refractivity contribution >= 4 is 52.3 Å². The first kappa shape index (κ1) is 18.6. The minimum atomic E-state index is -0.261. The van der Waals surface area contributed by atoms with E-state index < -0.39 is 0 Å². The lowest BCUT2D eigenvalue weighted by Crippen LogP contribution is -2.37. The van der Waals surface area contributed by atoms with Crippen LogP contribution < -0.4 is 10.2 Å². The summed E-state index contributed by atoms with van der Waals surface area (Å²) in [4.78, 5) is 25.4. The molecule has 2 rings (SSSR count). The highest BCUT2D eigenvalue weighted by Crippen LogP contribution is 2.28. The molecule has 0 fully saturated rings. The topological polar surface area (TPSA) is 49.4 Å². The van der Waals surface area contributed by atoms with E-state index >= 15 is 0 Å². The molecular formula is C17H15Cl3N2O2. The molecule has 0 aromatic heterocycles. The smallest absolute Gasteiger partial charge is 0.251 e. The van der Waals surface area contributed by atoms with Crippen LogP contribution in [0.2, 0.25) is 15.1 Å². The minimum Gasteiger partial charge on any atom is -0.350 e. The summed E-state index contributed by atoms with van der Waals surface area (Å²) in [5.41, 5.74) is 1.01. The average molecular weight is 386 g/mol.